The molecule has 0 saturated heterocycles. The number of nitrogens with zero attached hydrogens (tertiary/aromatic N) is 1. The number of ether oxygens (including phenoxy) is 4. The highest BCUT2D eigenvalue weighted by Gasteiger charge is 2.32. The first-order chi connectivity index (χ1) is 21.6. The van der Waals surface area contributed by atoms with Crippen LogP contribution in [0.4, 0.5) is 17.6 Å². The lowest BCUT2D eigenvalue weighted by atomic mass is 9.98. The molecular formula is C31H33F4N3O8. The van der Waals surface area contributed by atoms with E-state index in [2.05, 4.69) is 15.0 Å². The van der Waals surface area contributed by atoms with Crippen LogP contribution in [0, 0.1) is 23.0 Å². The molecule has 1 aromatic heterocycles. The summed E-state index contributed by atoms with van der Waals surface area (Å²) in [4.78, 5) is 42.8. The van der Waals surface area contributed by atoms with Gasteiger partial charge in [-0.15, -0.1) is 0 Å². The molecule has 2 atom stereocenters. The Labute approximate surface area is 261 Å². The van der Waals surface area contributed by atoms with Crippen LogP contribution in [0.25, 0.3) is 11.5 Å². The van der Waals surface area contributed by atoms with Gasteiger partial charge in [-0.2, -0.15) is 8.78 Å². The van der Waals surface area contributed by atoms with Gasteiger partial charge in [0.2, 0.25) is 12.7 Å². The highest BCUT2D eigenvalue weighted by molar-refractivity contribution is 5.97. The van der Waals surface area contributed by atoms with E-state index in [1.165, 1.54) is 25.1 Å². The van der Waals surface area contributed by atoms with E-state index in [1.54, 1.807) is 20.8 Å². The minimum Gasteiger partial charge on any atom is -0.489 e. The number of carbonyl (C=O) groups is 3. The lowest BCUT2D eigenvalue weighted by molar-refractivity contribution is -0.174. The molecule has 1 saturated carbocycles. The predicted octanol–water partition coefficient (Wildman–Crippen LogP) is 5.59. The number of carbonyl (C=O) groups excluding carboxylic acids is 3. The number of aromatic nitrogens is 1. The number of nitrogens with two attached hydrogens (primary N) is 1. The summed E-state index contributed by atoms with van der Waals surface area (Å²) in [7, 11) is 0. The fraction of sp³-hybridized carbons (Fsp3) is 0.419. The van der Waals surface area contributed by atoms with Gasteiger partial charge >= 0.3 is 18.6 Å². The van der Waals surface area contributed by atoms with E-state index < -0.39 is 71.6 Å². The lowest BCUT2D eigenvalue weighted by Crippen LogP contribution is -2.37. The van der Waals surface area contributed by atoms with Gasteiger partial charge < -0.3 is 34.4 Å². The Morgan fingerprint density at radius 1 is 1.07 bits per heavy atom. The fourth-order valence-electron chi connectivity index (χ4n) is 4.01. The van der Waals surface area contributed by atoms with Crippen molar-refractivity contribution in [2.75, 3.05) is 13.4 Å². The summed E-state index contributed by atoms with van der Waals surface area (Å²) in [5, 5.41) is 2.30. The topological polar surface area (TPSA) is 152 Å². The molecule has 0 bridgehead atoms. The SMILES string of the molecule is C[C@H](N)c1oc(-c2ccc(OC(F)F)c(OCC3CC3)c2)nc1C(=O)NC(C(=O)OCOC(=O)C(C)(C)C)c1ccc(F)cc1F. The molecule has 3 aromatic rings. The normalized spacial score (nSPS) is 14.4. The van der Waals surface area contributed by atoms with Crippen molar-refractivity contribution in [3.8, 4) is 23.0 Å². The smallest absolute Gasteiger partial charge is 0.387 e. The van der Waals surface area contributed by atoms with E-state index in [0.717, 1.165) is 25.0 Å². The second kappa shape index (κ2) is 14.2. The standard InChI is InChI=1S/C31H33F4N3O8/c1-15(36)25-24(38-27(46-25)17-7-10-21(45-30(34)35)22(11-17)42-13-16-5-6-16)26(39)37-23(19-9-8-18(32)12-20(19)33)28(40)43-14-44-29(41)31(2,3)4/h7-12,15-16,23,30H,5-6,13-14,36H2,1-4H3,(H,37,39)/t15-,23?/m0/s1. The van der Waals surface area contributed by atoms with Crippen molar-refractivity contribution in [1.29, 1.82) is 0 Å². The maximum Gasteiger partial charge on any atom is 0.387 e. The second-order valence-electron chi connectivity index (χ2n) is 11.7. The number of esters is 2. The highest BCUT2D eigenvalue weighted by Crippen LogP contribution is 2.37. The van der Waals surface area contributed by atoms with Gasteiger partial charge in [-0.1, -0.05) is 6.07 Å². The van der Waals surface area contributed by atoms with Crippen molar-refractivity contribution >= 4 is 17.8 Å². The summed E-state index contributed by atoms with van der Waals surface area (Å²) in [6.07, 6.45) is 1.89. The maximum absolute atomic E-state index is 14.8. The minimum absolute atomic E-state index is 0.00185. The van der Waals surface area contributed by atoms with Gasteiger partial charge in [-0.05, 0) is 70.7 Å². The van der Waals surface area contributed by atoms with Crippen molar-refractivity contribution < 1.29 is 55.3 Å². The van der Waals surface area contributed by atoms with Crippen molar-refractivity contribution in [3.63, 3.8) is 0 Å². The van der Waals surface area contributed by atoms with Crippen LogP contribution in [-0.2, 0) is 19.1 Å². The number of hydrogen-bond acceptors (Lipinski definition) is 10. The van der Waals surface area contributed by atoms with Crippen LogP contribution in [-0.4, -0.2) is 42.8 Å². The second-order valence-corrected chi connectivity index (χ2v) is 11.7. The van der Waals surface area contributed by atoms with Gasteiger partial charge in [0, 0.05) is 17.2 Å². The van der Waals surface area contributed by atoms with Crippen molar-refractivity contribution in [2.24, 2.45) is 17.1 Å². The van der Waals surface area contributed by atoms with E-state index in [1.807, 2.05) is 0 Å². The number of amides is 1. The van der Waals surface area contributed by atoms with Gasteiger partial charge in [0.05, 0.1) is 18.1 Å². The van der Waals surface area contributed by atoms with Gasteiger partial charge in [0.25, 0.3) is 5.91 Å². The monoisotopic (exact) mass is 651 g/mol. The number of alkyl halides is 2. The number of rotatable bonds is 13. The molecule has 4 rings (SSSR count). The molecule has 2 aromatic carbocycles. The Balaban J connectivity index is 1.62. The summed E-state index contributed by atoms with van der Waals surface area (Å²) >= 11 is 0. The minimum atomic E-state index is -3.10. The largest absolute Gasteiger partial charge is 0.489 e. The summed E-state index contributed by atoms with van der Waals surface area (Å²) in [6.45, 7) is 2.53. The average Bonchev–Trinajstić information content (AvgIpc) is 3.69. The highest BCUT2D eigenvalue weighted by atomic mass is 19.3. The molecular weight excluding hydrogens is 618 g/mol. The molecule has 1 aliphatic carbocycles. The van der Waals surface area contributed by atoms with Crippen LogP contribution in [0.1, 0.15) is 74.4 Å². The van der Waals surface area contributed by atoms with E-state index in [0.29, 0.717) is 12.0 Å². The zero-order chi connectivity index (χ0) is 33.8. The maximum atomic E-state index is 14.8. The van der Waals surface area contributed by atoms with Gasteiger partial charge in [-0.3, -0.25) is 9.59 Å². The summed E-state index contributed by atoms with van der Waals surface area (Å²) in [5.41, 5.74) is 4.48. The van der Waals surface area contributed by atoms with Crippen molar-refractivity contribution in [2.45, 2.75) is 59.2 Å². The number of hydrogen-bond donors (Lipinski definition) is 2. The number of halogens is 4. The third-order valence-corrected chi connectivity index (χ3v) is 6.65. The first-order valence-electron chi connectivity index (χ1n) is 14.2. The number of oxazole rings is 1. The fourth-order valence-corrected chi connectivity index (χ4v) is 4.01. The molecule has 0 radical (unpaired) electrons. The molecule has 1 unspecified atom stereocenters. The Kier molecular flexibility index (Phi) is 10.6. The van der Waals surface area contributed by atoms with Gasteiger partial charge in [-0.25, -0.2) is 18.6 Å². The van der Waals surface area contributed by atoms with Crippen molar-refractivity contribution in [3.05, 3.63) is 65.1 Å². The predicted molar refractivity (Wildman–Crippen MR) is 152 cm³/mol. The van der Waals surface area contributed by atoms with Crippen LogP contribution in [0.15, 0.2) is 40.8 Å². The van der Waals surface area contributed by atoms with Gasteiger partial charge in [0.1, 0.15) is 11.6 Å². The third-order valence-electron chi connectivity index (χ3n) is 6.65. The molecule has 46 heavy (non-hydrogen) atoms. The molecule has 0 aliphatic heterocycles. The first kappa shape index (κ1) is 34.2. The Bertz CT molecular complexity index is 1580. The molecule has 248 valence electrons. The van der Waals surface area contributed by atoms with Gasteiger partial charge in [0.15, 0.2) is 29.0 Å². The van der Waals surface area contributed by atoms with E-state index >= 15 is 0 Å². The third kappa shape index (κ3) is 8.74. The summed E-state index contributed by atoms with van der Waals surface area (Å²) in [5.74, 6) is -5.31. The first-order valence-corrected chi connectivity index (χ1v) is 14.2. The molecule has 3 N–H and O–H groups in total. The average molecular weight is 652 g/mol. The number of nitrogens with one attached hydrogen (secondary N) is 1. The zero-order valence-corrected chi connectivity index (χ0v) is 25.4. The molecule has 0 spiro atoms. The van der Waals surface area contributed by atoms with E-state index in [4.69, 9.17) is 24.4 Å². The molecule has 15 heteroatoms. The van der Waals surface area contributed by atoms with Crippen molar-refractivity contribution in [1.82, 2.24) is 10.3 Å². The lowest BCUT2D eigenvalue weighted by Gasteiger charge is -2.20. The zero-order valence-electron chi connectivity index (χ0n) is 25.4. The van der Waals surface area contributed by atoms with Crippen LogP contribution in [0.2, 0.25) is 0 Å². The Morgan fingerprint density at radius 3 is 2.39 bits per heavy atom. The number of benzene rings is 2. The van der Waals surface area contributed by atoms with Crippen LogP contribution in [0.5, 0.6) is 11.5 Å². The molecule has 1 amide bonds. The van der Waals surface area contributed by atoms with E-state index in [-0.39, 0.29) is 35.3 Å². The molecule has 1 heterocycles. The summed E-state index contributed by atoms with van der Waals surface area (Å²) < 4.78 is 80.4. The summed E-state index contributed by atoms with van der Waals surface area (Å²) in [6, 6.07) is 3.48. The van der Waals surface area contributed by atoms with Crippen LogP contribution < -0.4 is 20.5 Å². The quantitative estimate of drug-likeness (QED) is 0.136. The molecule has 11 nitrogen and oxygen atoms in total. The van der Waals surface area contributed by atoms with E-state index in [9.17, 15) is 31.9 Å². The Hall–Kier alpha value is -4.66. The molecule has 1 fully saturated rings. The molecule has 1 aliphatic rings. The van der Waals surface area contributed by atoms with Crippen LogP contribution in [0.3, 0.4) is 0 Å². The Morgan fingerprint density at radius 2 is 1.78 bits per heavy atom. The van der Waals surface area contributed by atoms with Crippen LogP contribution >= 0.6 is 0 Å².